The Labute approximate surface area is 166 Å². The second kappa shape index (κ2) is 7.37. The lowest BCUT2D eigenvalue weighted by Crippen LogP contribution is -2.47. The van der Waals surface area contributed by atoms with Crippen LogP contribution in [0.1, 0.15) is 17.9 Å². The second-order valence-corrected chi connectivity index (χ2v) is 7.45. The van der Waals surface area contributed by atoms with Gasteiger partial charge in [-0.25, -0.2) is 0 Å². The van der Waals surface area contributed by atoms with Gasteiger partial charge in [-0.15, -0.1) is 0 Å². The molecule has 2 aromatic carbocycles. The number of fused-ring (bicyclic) bond motifs is 1. The van der Waals surface area contributed by atoms with Crippen molar-refractivity contribution in [1.82, 2.24) is 4.90 Å². The minimum atomic E-state index is -0.596. The van der Waals surface area contributed by atoms with Gasteiger partial charge in [-0.2, -0.15) is 5.26 Å². The topological polar surface area (TPSA) is 90.5 Å². The average molecular weight is 392 g/mol. The van der Waals surface area contributed by atoms with Gasteiger partial charge < -0.3 is 4.90 Å². The molecule has 1 atom stereocenters. The highest BCUT2D eigenvalue weighted by Crippen LogP contribution is 2.45. The summed E-state index contributed by atoms with van der Waals surface area (Å²) in [5.41, 5.74) is 1.78. The molecule has 4 rings (SSSR count). The predicted octanol–water partition coefficient (Wildman–Crippen LogP) is 3.81. The van der Waals surface area contributed by atoms with Crippen molar-refractivity contribution in [3.8, 4) is 6.07 Å². The number of anilines is 1. The Morgan fingerprint density at radius 2 is 1.86 bits per heavy atom. The van der Waals surface area contributed by atoms with E-state index in [1.54, 1.807) is 23.1 Å². The number of nitriles is 1. The number of benzene rings is 2. The van der Waals surface area contributed by atoms with Gasteiger partial charge in [0.2, 0.25) is 5.91 Å². The van der Waals surface area contributed by atoms with E-state index in [9.17, 15) is 20.2 Å². The van der Waals surface area contributed by atoms with Crippen molar-refractivity contribution in [2.24, 2.45) is 0 Å². The van der Waals surface area contributed by atoms with Gasteiger partial charge in [-0.1, -0.05) is 48.2 Å². The zero-order chi connectivity index (χ0) is 19.7. The van der Waals surface area contributed by atoms with E-state index in [2.05, 4.69) is 11.0 Å². The van der Waals surface area contributed by atoms with E-state index in [-0.39, 0.29) is 18.0 Å². The number of carbonyl (C=O) groups excluding carboxylic acids is 1. The maximum atomic E-state index is 12.9. The third-order valence-corrected chi connectivity index (χ3v) is 6.08. The molecule has 28 heavy (non-hydrogen) atoms. The Morgan fingerprint density at radius 3 is 2.57 bits per heavy atom. The first-order chi connectivity index (χ1) is 13.6. The molecule has 0 radical (unpaired) electrons. The van der Waals surface area contributed by atoms with Crippen LogP contribution in [0.2, 0.25) is 0 Å². The van der Waals surface area contributed by atoms with Gasteiger partial charge in [0, 0.05) is 29.7 Å². The molecule has 0 bridgehead atoms. The Morgan fingerprint density at radius 1 is 1.14 bits per heavy atom. The maximum absolute atomic E-state index is 12.9. The van der Waals surface area contributed by atoms with Crippen LogP contribution >= 0.6 is 11.8 Å². The first-order valence-electron chi connectivity index (χ1n) is 8.71. The fraction of sp³-hybridized carbons (Fsp3) is 0.200. The molecule has 2 aliphatic heterocycles. The van der Waals surface area contributed by atoms with E-state index in [4.69, 9.17) is 0 Å². The van der Waals surface area contributed by atoms with Crippen molar-refractivity contribution in [3.05, 3.63) is 80.9 Å². The smallest absolute Gasteiger partial charge is 0.273 e. The molecule has 0 spiro atoms. The lowest BCUT2D eigenvalue weighted by atomic mass is 9.85. The molecule has 0 aromatic heterocycles. The normalized spacial score (nSPS) is 19.2. The zero-order valence-electron chi connectivity index (χ0n) is 14.8. The number of hydrogen-bond acceptors (Lipinski definition) is 6. The fourth-order valence-corrected chi connectivity index (χ4v) is 4.75. The highest BCUT2D eigenvalue weighted by Gasteiger charge is 2.40. The summed E-state index contributed by atoms with van der Waals surface area (Å²) in [6, 6.07) is 18.3. The van der Waals surface area contributed by atoms with E-state index < -0.39 is 10.8 Å². The number of nitrogens with zero attached hydrogens (tertiary/aromatic N) is 4. The minimum absolute atomic E-state index is 0.0421. The molecular formula is C20H16N4O3S. The summed E-state index contributed by atoms with van der Waals surface area (Å²) in [6.45, 7) is 0.361. The van der Waals surface area contributed by atoms with Crippen LogP contribution in [-0.4, -0.2) is 28.3 Å². The standard InChI is InChI=1S/C20H16N4O3S/c21-11-17-16(15-8-4-5-9-18(15)24(26)27)10-19(25)23-12-22(13-28-20(17)23)14-6-2-1-3-7-14/h1-9,16H,10,12-13H2/t16-/m1/s1. The third kappa shape index (κ3) is 3.10. The number of amides is 1. The van der Waals surface area contributed by atoms with Crippen molar-refractivity contribution in [1.29, 1.82) is 5.26 Å². The molecule has 2 aliphatic rings. The van der Waals surface area contributed by atoms with Crippen LogP contribution in [0.3, 0.4) is 0 Å². The van der Waals surface area contributed by atoms with Crippen molar-refractivity contribution < 1.29 is 9.72 Å². The quantitative estimate of drug-likeness (QED) is 0.583. The van der Waals surface area contributed by atoms with Crippen LogP contribution in [0.25, 0.3) is 0 Å². The molecule has 1 saturated heterocycles. The number of hydrogen-bond donors (Lipinski definition) is 0. The highest BCUT2D eigenvalue weighted by atomic mass is 32.2. The number of para-hydroxylation sites is 2. The van der Waals surface area contributed by atoms with Crippen molar-refractivity contribution in [2.75, 3.05) is 17.4 Å². The summed E-state index contributed by atoms with van der Waals surface area (Å²) in [5.74, 6) is -0.135. The maximum Gasteiger partial charge on any atom is 0.273 e. The summed E-state index contributed by atoms with van der Waals surface area (Å²) >= 11 is 1.42. The molecule has 0 saturated carbocycles. The molecular weight excluding hydrogens is 376 g/mol. The second-order valence-electron chi connectivity index (χ2n) is 6.52. The lowest BCUT2D eigenvalue weighted by Gasteiger charge is -2.42. The molecule has 0 aliphatic carbocycles. The van der Waals surface area contributed by atoms with Crippen molar-refractivity contribution in [3.63, 3.8) is 0 Å². The molecule has 1 fully saturated rings. The summed E-state index contributed by atoms with van der Waals surface area (Å²) in [7, 11) is 0. The van der Waals surface area contributed by atoms with E-state index in [0.717, 1.165) is 5.69 Å². The molecule has 8 heteroatoms. The molecule has 2 aromatic rings. The van der Waals surface area contributed by atoms with Crippen LogP contribution in [0, 0.1) is 21.4 Å². The molecule has 2 heterocycles. The number of thioether (sulfide) groups is 1. The number of allylic oxidation sites excluding steroid dienone is 1. The summed E-state index contributed by atoms with van der Waals surface area (Å²) in [4.78, 5) is 27.5. The van der Waals surface area contributed by atoms with Crippen LogP contribution in [0.4, 0.5) is 11.4 Å². The van der Waals surface area contributed by atoms with Crippen LogP contribution in [0.5, 0.6) is 0 Å². The Kier molecular flexibility index (Phi) is 4.75. The van der Waals surface area contributed by atoms with Crippen LogP contribution in [0.15, 0.2) is 65.2 Å². The monoisotopic (exact) mass is 392 g/mol. The first-order valence-corrected chi connectivity index (χ1v) is 9.69. The first kappa shape index (κ1) is 18.1. The van der Waals surface area contributed by atoms with E-state index in [1.165, 1.54) is 17.8 Å². The molecule has 0 N–H and O–H groups in total. The largest absolute Gasteiger partial charge is 0.344 e. The predicted molar refractivity (Wildman–Crippen MR) is 106 cm³/mol. The number of rotatable bonds is 3. The SMILES string of the molecule is N#CC1=C2SCN(c3ccccc3)CN2C(=O)C[C@@H]1c1ccccc1[N+](=O)[O-]. The highest BCUT2D eigenvalue weighted by molar-refractivity contribution is 8.03. The average Bonchev–Trinajstić information content (AvgIpc) is 2.74. The molecule has 7 nitrogen and oxygen atoms in total. The fourth-order valence-electron chi connectivity index (χ4n) is 3.58. The number of nitro benzene ring substituents is 1. The van der Waals surface area contributed by atoms with Crippen molar-refractivity contribution >= 4 is 29.0 Å². The van der Waals surface area contributed by atoms with Gasteiger partial charge in [0.1, 0.15) is 0 Å². The Bertz CT molecular complexity index is 1020. The van der Waals surface area contributed by atoms with Gasteiger partial charge in [-0.05, 0) is 12.1 Å². The number of carbonyl (C=O) groups is 1. The molecule has 1 amide bonds. The minimum Gasteiger partial charge on any atom is -0.344 e. The van der Waals surface area contributed by atoms with Gasteiger partial charge in [0.05, 0.1) is 34.1 Å². The van der Waals surface area contributed by atoms with Gasteiger partial charge in [0.25, 0.3) is 5.69 Å². The molecule has 0 unspecified atom stereocenters. The van der Waals surface area contributed by atoms with Gasteiger partial charge in [-0.3, -0.25) is 19.8 Å². The van der Waals surface area contributed by atoms with Crippen LogP contribution < -0.4 is 4.90 Å². The molecule has 140 valence electrons. The van der Waals surface area contributed by atoms with Crippen LogP contribution in [-0.2, 0) is 4.79 Å². The third-order valence-electron chi connectivity index (χ3n) is 4.92. The number of nitro groups is 1. The van der Waals surface area contributed by atoms with Crippen molar-refractivity contribution in [2.45, 2.75) is 12.3 Å². The van der Waals surface area contributed by atoms with Gasteiger partial charge >= 0.3 is 0 Å². The Hall–Kier alpha value is -3.31. The van der Waals surface area contributed by atoms with E-state index in [0.29, 0.717) is 28.7 Å². The lowest BCUT2D eigenvalue weighted by molar-refractivity contribution is -0.385. The zero-order valence-corrected chi connectivity index (χ0v) is 15.6. The van der Waals surface area contributed by atoms with Gasteiger partial charge in [0.15, 0.2) is 0 Å². The summed E-state index contributed by atoms with van der Waals surface area (Å²) in [6.07, 6.45) is 0.0421. The van der Waals surface area contributed by atoms with E-state index in [1.807, 2.05) is 30.3 Å². The summed E-state index contributed by atoms with van der Waals surface area (Å²) in [5, 5.41) is 21.8. The Balaban J connectivity index is 1.72. The summed E-state index contributed by atoms with van der Waals surface area (Å²) < 4.78 is 0. The van der Waals surface area contributed by atoms with E-state index >= 15 is 0 Å².